The van der Waals surface area contributed by atoms with Crippen LogP contribution < -0.4 is 0 Å². The van der Waals surface area contributed by atoms with E-state index in [0.717, 1.165) is 17.5 Å². The van der Waals surface area contributed by atoms with Crippen LogP contribution in [0.5, 0.6) is 0 Å². The number of halogens is 1. The van der Waals surface area contributed by atoms with Gasteiger partial charge in [0.1, 0.15) is 5.69 Å². The predicted octanol–water partition coefficient (Wildman–Crippen LogP) is 4.25. The van der Waals surface area contributed by atoms with Gasteiger partial charge in [0.25, 0.3) is 5.91 Å². The number of carbonyl (C=O) groups excluding carboxylic acids is 1. The Morgan fingerprint density at radius 3 is 2.59 bits per heavy atom. The van der Waals surface area contributed by atoms with Crippen molar-refractivity contribution in [2.75, 3.05) is 6.54 Å². The summed E-state index contributed by atoms with van der Waals surface area (Å²) < 4.78 is 5.41. The number of aliphatic hydroxyl groups is 1. The van der Waals surface area contributed by atoms with Crippen LogP contribution in [0.2, 0.25) is 5.02 Å². The summed E-state index contributed by atoms with van der Waals surface area (Å²) in [5.74, 6) is -0.164. The molecule has 1 aromatic heterocycles. The molecule has 1 aliphatic rings. The molecule has 2 heterocycles. The minimum atomic E-state index is -0.891. The van der Waals surface area contributed by atoms with Crippen molar-refractivity contribution in [3.63, 3.8) is 0 Å². The van der Waals surface area contributed by atoms with Gasteiger partial charge in [-0.1, -0.05) is 53.2 Å². The lowest BCUT2D eigenvalue weighted by atomic mass is 9.98. The zero-order chi connectivity index (χ0) is 19.0. The quantitative estimate of drug-likeness (QED) is 0.735. The van der Waals surface area contributed by atoms with Crippen LogP contribution in [0.15, 0.2) is 53.1 Å². The molecule has 1 atom stereocenters. The van der Waals surface area contributed by atoms with Gasteiger partial charge in [-0.2, -0.15) is 0 Å². The Kier molecular flexibility index (Phi) is 4.72. The highest BCUT2D eigenvalue weighted by Gasteiger charge is 2.31. The van der Waals surface area contributed by atoms with E-state index in [4.69, 9.17) is 16.1 Å². The predicted molar refractivity (Wildman–Crippen MR) is 102 cm³/mol. The maximum absolute atomic E-state index is 13.1. The first kappa shape index (κ1) is 17.8. The first-order chi connectivity index (χ1) is 13.0. The summed E-state index contributed by atoms with van der Waals surface area (Å²) in [6.45, 7) is 2.73. The number of nitrogens with zero attached hydrogens (tertiary/aromatic N) is 2. The molecule has 0 saturated carbocycles. The average molecular weight is 383 g/mol. The van der Waals surface area contributed by atoms with E-state index in [1.807, 2.05) is 18.2 Å². The Morgan fingerprint density at radius 2 is 1.89 bits per heavy atom. The van der Waals surface area contributed by atoms with Gasteiger partial charge in [-0.25, -0.2) is 0 Å². The summed E-state index contributed by atoms with van der Waals surface area (Å²) in [7, 11) is 0. The average Bonchev–Trinajstić information content (AvgIpc) is 3.13. The summed E-state index contributed by atoms with van der Waals surface area (Å²) in [4.78, 5) is 14.8. The number of benzene rings is 2. The van der Waals surface area contributed by atoms with E-state index in [9.17, 15) is 9.90 Å². The molecule has 2 aromatic carbocycles. The fourth-order valence-corrected chi connectivity index (χ4v) is 3.59. The molecule has 6 heteroatoms. The molecule has 0 radical (unpaired) electrons. The summed E-state index contributed by atoms with van der Waals surface area (Å²) >= 11 is 5.95. The zero-order valence-electron chi connectivity index (χ0n) is 14.9. The van der Waals surface area contributed by atoms with Crippen molar-refractivity contribution in [3.8, 4) is 11.3 Å². The molecule has 0 saturated heterocycles. The van der Waals surface area contributed by atoms with E-state index in [1.54, 1.807) is 36.1 Å². The van der Waals surface area contributed by atoms with Crippen molar-refractivity contribution in [3.05, 3.63) is 76.0 Å². The second-order valence-electron chi connectivity index (χ2n) is 6.70. The van der Waals surface area contributed by atoms with Gasteiger partial charge >= 0.3 is 0 Å². The highest BCUT2D eigenvalue weighted by Crippen LogP contribution is 2.32. The van der Waals surface area contributed by atoms with Crippen molar-refractivity contribution in [1.82, 2.24) is 10.1 Å². The largest absolute Gasteiger partial charge is 0.388 e. The molecule has 1 aliphatic heterocycles. The van der Waals surface area contributed by atoms with Gasteiger partial charge in [-0.05, 0) is 36.6 Å². The van der Waals surface area contributed by atoms with Crippen LogP contribution in [-0.2, 0) is 13.0 Å². The molecule has 1 amide bonds. The zero-order valence-corrected chi connectivity index (χ0v) is 15.6. The van der Waals surface area contributed by atoms with Crippen LogP contribution in [-0.4, -0.2) is 27.6 Å². The molecule has 0 spiro atoms. The molecular weight excluding hydrogens is 364 g/mol. The second kappa shape index (κ2) is 7.18. The van der Waals surface area contributed by atoms with Crippen LogP contribution in [0.3, 0.4) is 0 Å². The van der Waals surface area contributed by atoms with Crippen LogP contribution >= 0.6 is 11.6 Å². The van der Waals surface area contributed by atoms with Crippen molar-refractivity contribution < 1.29 is 14.4 Å². The summed E-state index contributed by atoms with van der Waals surface area (Å²) in [5.41, 5.74) is 4.00. The molecule has 1 N–H and O–H groups in total. The van der Waals surface area contributed by atoms with Crippen LogP contribution in [0.4, 0.5) is 0 Å². The van der Waals surface area contributed by atoms with Gasteiger partial charge in [0.05, 0.1) is 11.7 Å². The smallest absolute Gasteiger partial charge is 0.293 e. The fraction of sp³-hybridized carbons (Fsp3) is 0.238. The van der Waals surface area contributed by atoms with E-state index in [0.29, 0.717) is 29.4 Å². The maximum Gasteiger partial charge on any atom is 0.293 e. The van der Waals surface area contributed by atoms with Crippen molar-refractivity contribution >= 4 is 17.5 Å². The number of amides is 1. The molecule has 138 valence electrons. The van der Waals surface area contributed by atoms with E-state index in [2.05, 4.69) is 11.2 Å². The highest BCUT2D eigenvalue weighted by molar-refractivity contribution is 6.30. The Morgan fingerprint density at radius 1 is 1.19 bits per heavy atom. The molecule has 4 rings (SSSR count). The van der Waals surface area contributed by atoms with Crippen molar-refractivity contribution in [2.45, 2.75) is 26.0 Å². The van der Waals surface area contributed by atoms with Crippen LogP contribution in [0.25, 0.3) is 11.3 Å². The summed E-state index contributed by atoms with van der Waals surface area (Å²) in [6.07, 6.45) is -0.0950. The van der Waals surface area contributed by atoms with Crippen LogP contribution in [0.1, 0.15) is 40.3 Å². The van der Waals surface area contributed by atoms with Crippen molar-refractivity contribution in [1.29, 1.82) is 0 Å². The highest BCUT2D eigenvalue weighted by atomic mass is 35.5. The molecule has 3 aromatic rings. The number of aromatic nitrogens is 1. The summed E-state index contributed by atoms with van der Waals surface area (Å²) in [5, 5.41) is 15.0. The number of hydrogen-bond acceptors (Lipinski definition) is 4. The molecule has 27 heavy (non-hydrogen) atoms. The minimum Gasteiger partial charge on any atom is -0.388 e. The standard InChI is InChI=1S/C21H19ClN2O3/c1-13(25)18-19(15-6-8-17(22)9-7-15)23-27-20(18)21(26)24-11-10-14-4-2-3-5-16(14)12-24/h2-9,13,25H,10-12H2,1H3/t13-/m0/s1. The van der Waals surface area contributed by atoms with Gasteiger partial charge in [-0.15, -0.1) is 0 Å². The number of hydrogen-bond donors (Lipinski definition) is 1. The van der Waals surface area contributed by atoms with Gasteiger partial charge < -0.3 is 14.5 Å². The molecule has 0 unspecified atom stereocenters. The number of aliphatic hydroxyl groups excluding tert-OH is 1. The number of carbonyl (C=O) groups is 1. The van der Waals surface area contributed by atoms with Gasteiger partial charge in [0.15, 0.2) is 0 Å². The molecular formula is C21H19ClN2O3. The lowest BCUT2D eigenvalue weighted by Crippen LogP contribution is -2.36. The topological polar surface area (TPSA) is 66.6 Å². The van der Waals surface area contributed by atoms with Gasteiger partial charge in [0, 0.05) is 23.7 Å². The SMILES string of the molecule is C[C@H](O)c1c(-c2ccc(Cl)cc2)noc1C(=O)N1CCc2ccccc2C1. The van der Waals surface area contributed by atoms with Gasteiger partial charge in [0.2, 0.25) is 5.76 Å². The Labute approximate surface area is 162 Å². The van der Waals surface area contributed by atoms with Crippen molar-refractivity contribution in [2.24, 2.45) is 0 Å². The van der Waals surface area contributed by atoms with E-state index < -0.39 is 6.10 Å². The lowest BCUT2D eigenvalue weighted by molar-refractivity contribution is 0.0684. The Bertz CT molecular complexity index is 979. The summed E-state index contributed by atoms with van der Waals surface area (Å²) in [6, 6.07) is 15.2. The lowest BCUT2D eigenvalue weighted by Gasteiger charge is -2.28. The minimum absolute atomic E-state index is 0.0920. The van der Waals surface area contributed by atoms with E-state index in [-0.39, 0.29) is 11.7 Å². The van der Waals surface area contributed by atoms with Crippen LogP contribution in [0, 0.1) is 0 Å². The number of rotatable bonds is 3. The number of fused-ring (bicyclic) bond motifs is 1. The Balaban J connectivity index is 1.68. The van der Waals surface area contributed by atoms with E-state index >= 15 is 0 Å². The normalized spacial score (nSPS) is 14.7. The molecule has 5 nitrogen and oxygen atoms in total. The molecule has 0 bridgehead atoms. The fourth-order valence-electron chi connectivity index (χ4n) is 3.47. The molecule has 0 aliphatic carbocycles. The third-order valence-corrected chi connectivity index (χ3v) is 5.13. The Hall–Kier alpha value is -2.63. The van der Waals surface area contributed by atoms with Gasteiger partial charge in [-0.3, -0.25) is 4.79 Å². The second-order valence-corrected chi connectivity index (χ2v) is 7.14. The first-order valence-electron chi connectivity index (χ1n) is 8.84. The third kappa shape index (κ3) is 3.36. The van der Waals surface area contributed by atoms with E-state index in [1.165, 1.54) is 5.56 Å². The monoisotopic (exact) mass is 382 g/mol. The first-order valence-corrected chi connectivity index (χ1v) is 9.22. The molecule has 0 fully saturated rings. The third-order valence-electron chi connectivity index (χ3n) is 4.88. The maximum atomic E-state index is 13.1.